The molecule has 1 heterocycles. The van der Waals surface area contributed by atoms with E-state index < -0.39 is 17.5 Å². The van der Waals surface area contributed by atoms with Gasteiger partial charge in [0.05, 0.1) is 17.6 Å². The van der Waals surface area contributed by atoms with Crippen LogP contribution in [0.25, 0.3) is 5.69 Å². The SMILES string of the molecule is O=C(Nc1ccc(F)cc1F)c1cnn(-c2ccccc2)n1. The smallest absolute Gasteiger partial charge is 0.277 e. The first-order valence-electron chi connectivity index (χ1n) is 6.37. The van der Waals surface area contributed by atoms with E-state index >= 15 is 0 Å². The molecule has 110 valence electrons. The van der Waals surface area contributed by atoms with Gasteiger partial charge in [-0.2, -0.15) is 9.90 Å². The molecule has 0 aliphatic rings. The summed E-state index contributed by atoms with van der Waals surface area (Å²) in [6.07, 6.45) is 1.27. The molecule has 0 radical (unpaired) electrons. The molecule has 22 heavy (non-hydrogen) atoms. The molecule has 1 aromatic heterocycles. The minimum atomic E-state index is -0.858. The third-order valence-corrected chi connectivity index (χ3v) is 2.89. The molecule has 0 bridgehead atoms. The van der Waals surface area contributed by atoms with Gasteiger partial charge in [0.15, 0.2) is 5.69 Å². The Kier molecular flexibility index (Phi) is 3.61. The largest absolute Gasteiger partial charge is 0.318 e. The van der Waals surface area contributed by atoms with Gasteiger partial charge in [0.25, 0.3) is 5.91 Å². The maximum Gasteiger partial charge on any atom is 0.277 e. The number of carbonyl (C=O) groups is 1. The lowest BCUT2D eigenvalue weighted by Gasteiger charge is -2.04. The molecule has 0 aliphatic heterocycles. The summed E-state index contributed by atoms with van der Waals surface area (Å²) in [7, 11) is 0. The number of benzene rings is 2. The van der Waals surface area contributed by atoms with Crippen molar-refractivity contribution in [1.82, 2.24) is 15.0 Å². The highest BCUT2D eigenvalue weighted by molar-refractivity contribution is 6.02. The van der Waals surface area contributed by atoms with Gasteiger partial charge in [-0.05, 0) is 24.3 Å². The number of anilines is 1. The Balaban J connectivity index is 1.80. The van der Waals surface area contributed by atoms with Crippen molar-refractivity contribution in [3.63, 3.8) is 0 Å². The van der Waals surface area contributed by atoms with Crippen LogP contribution in [0.2, 0.25) is 0 Å². The number of para-hydroxylation sites is 1. The minimum Gasteiger partial charge on any atom is -0.318 e. The number of hydrogen-bond acceptors (Lipinski definition) is 3. The summed E-state index contributed by atoms with van der Waals surface area (Å²) in [5, 5.41) is 10.3. The number of amides is 1. The van der Waals surface area contributed by atoms with Crippen molar-refractivity contribution in [2.45, 2.75) is 0 Å². The van der Waals surface area contributed by atoms with Crippen LogP contribution in [0.1, 0.15) is 10.5 Å². The quantitative estimate of drug-likeness (QED) is 0.809. The van der Waals surface area contributed by atoms with Crippen LogP contribution in [-0.4, -0.2) is 20.9 Å². The Morgan fingerprint density at radius 1 is 1.09 bits per heavy atom. The lowest BCUT2D eigenvalue weighted by Crippen LogP contribution is -2.14. The summed E-state index contributed by atoms with van der Waals surface area (Å²) < 4.78 is 26.3. The lowest BCUT2D eigenvalue weighted by atomic mass is 10.3. The van der Waals surface area contributed by atoms with Gasteiger partial charge in [-0.1, -0.05) is 18.2 Å². The molecular formula is C15H10F2N4O. The molecule has 0 spiro atoms. The summed E-state index contributed by atoms with van der Waals surface area (Å²) in [5.74, 6) is -2.21. The maximum atomic E-state index is 13.5. The van der Waals surface area contributed by atoms with Crippen LogP contribution in [0, 0.1) is 11.6 Å². The second-order valence-corrected chi connectivity index (χ2v) is 4.43. The third-order valence-electron chi connectivity index (χ3n) is 2.89. The van der Waals surface area contributed by atoms with Crippen molar-refractivity contribution in [2.24, 2.45) is 0 Å². The van der Waals surface area contributed by atoms with Crippen LogP contribution in [0.15, 0.2) is 54.7 Å². The molecule has 2 aromatic carbocycles. The molecule has 0 fully saturated rings. The number of carbonyl (C=O) groups excluding carboxylic acids is 1. The summed E-state index contributed by atoms with van der Waals surface area (Å²) in [6.45, 7) is 0. The van der Waals surface area contributed by atoms with Crippen LogP contribution >= 0.6 is 0 Å². The second kappa shape index (κ2) is 5.72. The van der Waals surface area contributed by atoms with E-state index in [9.17, 15) is 13.6 Å². The average Bonchev–Trinajstić information content (AvgIpc) is 3.01. The number of rotatable bonds is 3. The fraction of sp³-hybridized carbons (Fsp3) is 0. The summed E-state index contributed by atoms with van der Waals surface area (Å²) >= 11 is 0. The normalized spacial score (nSPS) is 10.5. The molecule has 0 saturated heterocycles. The van der Waals surface area contributed by atoms with E-state index in [2.05, 4.69) is 15.5 Å². The fourth-order valence-corrected chi connectivity index (χ4v) is 1.83. The Labute approximate surface area is 124 Å². The number of nitrogens with zero attached hydrogens (tertiary/aromatic N) is 3. The summed E-state index contributed by atoms with van der Waals surface area (Å²) in [6, 6.07) is 11.9. The number of halogens is 2. The van der Waals surface area contributed by atoms with Crippen LogP contribution in [-0.2, 0) is 0 Å². The standard InChI is InChI=1S/C15H10F2N4O/c16-10-6-7-13(12(17)8-10)19-15(22)14-9-18-21(20-14)11-4-2-1-3-5-11/h1-9H,(H,19,22). The molecule has 0 unspecified atom stereocenters. The minimum absolute atomic E-state index is 0.0209. The van der Waals surface area contributed by atoms with Crippen LogP contribution < -0.4 is 5.32 Å². The number of hydrogen-bond donors (Lipinski definition) is 1. The lowest BCUT2D eigenvalue weighted by molar-refractivity contribution is 0.102. The highest BCUT2D eigenvalue weighted by atomic mass is 19.1. The van der Waals surface area contributed by atoms with Gasteiger partial charge in [0.1, 0.15) is 11.6 Å². The van der Waals surface area contributed by atoms with Gasteiger partial charge < -0.3 is 5.32 Å². The topological polar surface area (TPSA) is 59.8 Å². The van der Waals surface area contributed by atoms with Crippen molar-refractivity contribution < 1.29 is 13.6 Å². The van der Waals surface area contributed by atoms with E-state index in [0.717, 1.165) is 12.1 Å². The Bertz CT molecular complexity index is 817. The van der Waals surface area contributed by atoms with Crippen molar-refractivity contribution >= 4 is 11.6 Å². The number of nitrogens with one attached hydrogen (secondary N) is 1. The fourth-order valence-electron chi connectivity index (χ4n) is 1.83. The average molecular weight is 300 g/mol. The van der Waals surface area contributed by atoms with E-state index in [-0.39, 0.29) is 11.4 Å². The molecular weight excluding hydrogens is 290 g/mol. The summed E-state index contributed by atoms with van der Waals surface area (Å²) in [5.41, 5.74) is 0.586. The monoisotopic (exact) mass is 300 g/mol. The first-order valence-corrected chi connectivity index (χ1v) is 6.37. The zero-order valence-electron chi connectivity index (χ0n) is 11.2. The van der Waals surface area contributed by atoms with Gasteiger partial charge in [-0.25, -0.2) is 8.78 Å². The van der Waals surface area contributed by atoms with E-state index in [0.29, 0.717) is 11.8 Å². The first-order chi connectivity index (χ1) is 10.6. The van der Waals surface area contributed by atoms with Crippen molar-refractivity contribution in [3.8, 4) is 5.69 Å². The van der Waals surface area contributed by atoms with Gasteiger partial charge in [0.2, 0.25) is 0 Å². The Morgan fingerprint density at radius 2 is 1.86 bits per heavy atom. The molecule has 5 nitrogen and oxygen atoms in total. The highest BCUT2D eigenvalue weighted by Gasteiger charge is 2.14. The van der Waals surface area contributed by atoms with Gasteiger partial charge >= 0.3 is 0 Å². The van der Waals surface area contributed by atoms with Crippen molar-refractivity contribution in [1.29, 1.82) is 0 Å². The Morgan fingerprint density at radius 3 is 2.59 bits per heavy atom. The molecule has 0 atom stereocenters. The summed E-state index contributed by atoms with van der Waals surface area (Å²) in [4.78, 5) is 13.3. The molecule has 3 aromatic rings. The third kappa shape index (κ3) is 2.83. The first kappa shape index (κ1) is 13.9. The second-order valence-electron chi connectivity index (χ2n) is 4.43. The Hall–Kier alpha value is -3.09. The molecule has 0 aliphatic carbocycles. The predicted octanol–water partition coefficient (Wildman–Crippen LogP) is 2.80. The van der Waals surface area contributed by atoms with E-state index in [1.54, 1.807) is 12.1 Å². The maximum absolute atomic E-state index is 13.5. The van der Waals surface area contributed by atoms with Crippen LogP contribution in [0.3, 0.4) is 0 Å². The van der Waals surface area contributed by atoms with Gasteiger partial charge in [0, 0.05) is 6.07 Å². The van der Waals surface area contributed by atoms with E-state index in [1.165, 1.54) is 11.0 Å². The zero-order chi connectivity index (χ0) is 15.5. The predicted molar refractivity (Wildman–Crippen MR) is 75.7 cm³/mol. The molecule has 1 N–H and O–H groups in total. The van der Waals surface area contributed by atoms with Crippen LogP contribution in [0.4, 0.5) is 14.5 Å². The van der Waals surface area contributed by atoms with Gasteiger partial charge in [-0.3, -0.25) is 4.79 Å². The van der Waals surface area contributed by atoms with Gasteiger partial charge in [-0.15, -0.1) is 5.10 Å². The molecule has 0 saturated carbocycles. The molecule has 1 amide bonds. The van der Waals surface area contributed by atoms with Crippen LogP contribution in [0.5, 0.6) is 0 Å². The molecule has 3 rings (SSSR count). The number of aromatic nitrogens is 3. The van der Waals surface area contributed by atoms with E-state index in [4.69, 9.17) is 0 Å². The van der Waals surface area contributed by atoms with Crippen molar-refractivity contribution in [2.75, 3.05) is 5.32 Å². The highest BCUT2D eigenvalue weighted by Crippen LogP contribution is 2.15. The van der Waals surface area contributed by atoms with E-state index in [1.807, 2.05) is 18.2 Å². The zero-order valence-corrected chi connectivity index (χ0v) is 11.2. The van der Waals surface area contributed by atoms with Crippen molar-refractivity contribution in [3.05, 3.63) is 72.1 Å². The molecule has 7 heteroatoms.